The topological polar surface area (TPSA) is 66.9 Å². The Hall–Kier alpha value is -2.73. The molecule has 0 bridgehead atoms. The Kier molecular flexibility index (Phi) is 5.40. The Bertz CT molecular complexity index is 866. The van der Waals surface area contributed by atoms with Gasteiger partial charge in [0.05, 0.1) is 0 Å². The molecule has 25 heavy (non-hydrogen) atoms. The fourth-order valence-corrected chi connectivity index (χ4v) is 2.59. The van der Waals surface area contributed by atoms with Crippen molar-refractivity contribution in [3.8, 4) is 0 Å². The van der Waals surface area contributed by atoms with Crippen molar-refractivity contribution in [2.75, 3.05) is 5.32 Å². The highest BCUT2D eigenvalue weighted by atomic mass is 79.9. The van der Waals surface area contributed by atoms with Crippen molar-refractivity contribution in [3.63, 3.8) is 0 Å². The predicted octanol–water partition coefficient (Wildman–Crippen LogP) is 4.22. The Morgan fingerprint density at radius 1 is 1.04 bits per heavy atom. The second kappa shape index (κ2) is 7.90. The summed E-state index contributed by atoms with van der Waals surface area (Å²) in [5.74, 6) is 0.330. The van der Waals surface area contributed by atoms with Crippen molar-refractivity contribution in [3.05, 3.63) is 82.0 Å². The molecule has 0 spiro atoms. The second-order valence-electron chi connectivity index (χ2n) is 5.56. The lowest BCUT2D eigenvalue weighted by Crippen LogP contribution is -2.24. The van der Waals surface area contributed by atoms with Gasteiger partial charge in [0.2, 0.25) is 0 Å². The minimum Gasteiger partial charge on any atom is -0.347 e. The molecule has 126 valence electrons. The highest BCUT2D eigenvalue weighted by Crippen LogP contribution is 2.22. The van der Waals surface area contributed by atoms with E-state index in [0.29, 0.717) is 12.4 Å². The van der Waals surface area contributed by atoms with E-state index in [4.69, 9.17) is 0 Å². The fraction of sp³-hybridized carbons (Fsp3) is 0.105. The number of halogens is 1. The van der Waals surface area contributed by atoms with Crippen molar-refractivity contribution in [1.29, 1.82) is 0 Å². The molecule has 1 heterocycles. The fourth-order valence-electron chi connectivity index (χ4n) is 2.21. The van der Waals surface area contributed by atoms with Gasteiger partial charge in [0.15, 0.2) is 11.5 Å². The Labute approximate surface area is 154 Å². The number of hydrogen-bond donors (Lipinski definition) is 2. The molecule has 1 amide bonds. The summed E-state index contributed by atoms with van der Waals surface area (Å²) in [7, 11) is 0. The average Bonchev–Trinajstić information content (AvgIpc) is 2.64. The van der Waals surface area contributed by atoms with Gasteiger partial charge in [0, 0.05) is 16.7 Å². The molecule has 3 aromatic rings. The molecule has 0 saturated heterocycles. The SMILES string of the molecule is Cc1ccc(Nc2ccc(C(=O)NCc3ccccc3)nn2)cc1Br. The zero-order valence-corrected chi connectivity index (χ0v) is 15.2. The molecule has 0 aliphatic carbocycles. The molecule has 3 rings (SSSR count). The molecule has 0 radical (unpaired) electrons. The van der Waals surface area contributed by atoms with Crippen LogP contribution in [0.2, 0.25) is 0 Å². The summed E-state index contributed by atoms with van der Waals surface area (Å²) in [6.45, 7) is 2.48. The van der Waals surface area contributed by atoms with E-state index in [1.807, 2.05) is 55.5 Å². The van der Waals surface area contributed by atoms with Gasteiger partial charge in [0.25, 0.3) is 5.91 Å². The van der Waals surface area contributed by atoms with E-state index in [1.54, 1.807) is 12.1 Å². The second-order valence-corrected chi connectivity index (χ2v) is 6.42. The predicted molar refractivity (Wildman–Crippen MR) is 102 cm³/mol. The minimum atomic E-state index is -0.249. The normalized spacial score (nSPS) is 10.3. The van der Waals surface area contributed by atoms with Crippen LogP contribution in [-0.2, 0) is 6.54 Å². The Morgan fingerprint density at radius 3 is 2.52 bits per heavy atom. The largest absolute Gasteiger partial charge is 0.347 e. The number of aryl methyl sites for hydroxylation is 1. The Morgan fingerprint density at radius 2 is 1.84 bits per heavy atom. The summed E-state index contributed by atoms with van der Waals surface area (Å²) in [5.41, 5.74) is 3.37. The van der Waals surface area contributed by atoms with Crippen LogP contribution in [-0.4, -0.2) is 16.1 Å². The van der Waals surface area contributed by atoms with Crippen LogP contribution < -0.4 is 10.6 Å². The number of aromatic nitrogens is 2. The van der Waals surface area contributed by atoms with Crippen molar-refractivity contribution in [2.45, 2.75) is 13.5 Å². The van der Waals surface area contributed by atoms with Crippen molar-refractivity contribution >= 4 is 33.3 Å². The molecule has 0 saturated carbocycles. The summed E-state index contributed by atoms with van der Waals surface area (Å²) in [5, 5.41) is 14.0. The zero-order chi connectivity index (χ0) is 17.6. The number of nitrogens with one attached hydrogen (secondary N) is 2. The average molecular weight is 397 g/mol. The van der Waals surface area contributed by atoms with E-state index in [2.05, 4.69) is 36.8 Å². The number of amides is 1. The number of carbonyl (C=O) groups is 1. The van der Waals surface area contributed by atoms with Gasteiger partial charge in [-0.05, 0) is 42.3 Å². The zero-order valence-electron chi connectivity index (χ0n) is 13.7. The van der Waals surface area contributed by atoms with Crippen LogP contribution in [0, 0.1) is 6.92 Å². The van der Waals surface area contributed by atoms with Gasteiger partial charge in [-0.2, -0.15) is 0 Å². The molecule has 0 aliphatic rings. The molecule has 2 aromatic carbocycles. The van der Waals surface area contributed by atoms with Crippen LogP contribution in [0.15, 0.2) is 65.1 Å². The summed E-state index contributed by atoms with van der Waals surface area (Å²) in [6.07, 6.45) is 0. The molecule has 0 atom stereocenters. The maximum absolute atomic E-state index is 12.1. The molecule has 5 nitrogen and oxygen atoms in total. The van der Waals surface area contributed by atoms with Gasteiger partial charge in [-0.3, -0.25) is 4.79 Å². The van der Waals surface area contributed by atoms with E-state index in [9.17, 15) is 4.79 Å². The van der Waals surface area contributed by atoms with Crippen molar-refractivity contribution in [1.82, 2.24) is 15.5 Å². The first-order valence-electron chi connectivity index (χ1n) is 7.81. The lowest BCUT2D eigenvalue weighted by atomic mass is 10.2. The maximum atomic E-state index is 12.1. The van der Waals surface area contributed by atoms with Crippen molar-refractivity contribution < 1.29 is 4.79 Å². The molecular formula is C19H17BrN4O. The summed E-state index contributed by atoms with van der Waals surface area (Å²) in [4.78, 5) is 12.1. The van der Waals surface area contributed by atoms with E-state index in [-0.39, 0.29) is 11.6 Å². The molecular weight excluding hydrogens is 380 g/mol. The molecule has 1 aromatic heterocycles. The highest BCUT2D eigenvalue weighted by molar-refractivity contribution is 9.10. The number of benzene rings is 2. The number of nitrogens with zero attached hydrogens (tertiary/aromatic N) is 2. The van der Waals surface area contributed by atoms with Crippen LogP contribution in [0.4, 0.5) is 11.5 Å². The molecule has 0 unspecified atom stereocenters. The van der Waals surface area contributed by atoms with Gasteiger partial charge < -0.3 is 10.6 Å². The molecule has 2 N–H and O–H groups in total. The van der Waals surface area contributed by atoms with Crippen LogP contribution in [0.5, 0.6) is 0 Å². The van der Waals surface area contributed by atoms with Crippen molar-refractivity contribution in [2.24, 2.45) is 0 Å². The lowest BCUT2D eigenvalue weighted by molar-refractivity contribution is 0.0945. The van der Waals surface area contributed by atoms with E-state index in [0.717, 1.165) is 21.3 Å². The summed E-state index contributed by atoms with van der Waals surface area (Å²) in [6, 6.07) is 19.0. The number of hydrogen-bond acceptors (Lipinski definition) is 4. The smallest absolute Gasteiger partial charge is 0.272 e. The minimum absolute atomic E-state index is 0.249. The summed E-state index contributed by atoms with van der Waals surface area (Å²) < 4.78 is 1.02. The highest BCUT2D eigenvalue weighted by Gasteiger charge is 2.08. The molecule has 6 heteroatoms. The van der Waals surface area contributed by atoms with Crippen LogP contribution in [0.1, 0.15) is 21.6 Å². The van der Waals surface area contributed by atoms with Gasteiger partial charge >= 0.3 is 0 Å². The molecule has 0 aliphatic heterocycles. The van der Waals surface area contributed by atoms with Crippen LogP contribution in [0.25, 0.3) is 0 Å². The van der Waals surface area contributed by atoms with Gasteiger partial charge in [0.1, 0.15) is 0 Å². The number of rotatable bonds is 5. The maximum Gasteiger partial charge on any atom is 0.272 e. The number of anilines is 2. The first-order valence-corrected chi connectivity index (χ1v) is 8.60. The third-order valence-corrected chi connectivity index (χ3v) is 4.49. The van der Waals surface area contributed by atoms with E-state index in [1.165, 1.54) is 0 Å². The monoisotopic (exact) mass is 396 g/mol. The third-order valence-electron chi connectivity index (χ3n) is 3.64. The van der Waals surface area contributed by atoms with Gasteiger partial charge in [-0.1, -0.05) is 52.3 Å². The standard InChI is InChI=1S/C19H17BrN4O/c1-13-7-8-15(11-16(13)20)22-18-10-9-17(23-24-18)19(25)21-12-14-5-3-2-4-6-14/h2-11H,12H2,1H3,(H,21,25)(H,22,24). The number of carbonyl (C=O) groups excluding carboxylic acids is 1. The summed E-state index contributed by atoms with van der Waals surface area (Å²) >= 11 is 3.50. The quantitative estimate of drug-likeness (QED) is 0.677. The van der Waals surface area contributed by atoms with E-state index < -0.39 is 0 Å². The van der Waals surface area contributed by atoms with Crippen LogP contribution >= 0.6 is 15.9 Å². The van der Waals surface area contributed by atoms with Gasteiger partial charge in [-0.25, -0.2) is 0 Å². The lowest BCUT2D eigenvalue weighted by Gasteiger charge is -2.08. The third kappa shape index (κ3) is 4.64. The van der Waals surface area contributed by atoms with Gasteiger partial charge in [-0.15, -0.1) is 10.2 Å². The molecule has 0 fully saturated rings. The first-order chi connectivity index (χ1) is 12.1. The Balaban J connectivity index is 1.61. The van der Waals surface area contributed by atoms with Crippen LogP contribution in [0.3, 0.4) is 0 Å². The van der Waals surface area contributed by atoms with E-state index >= 15 is 0 Å². The first kappa shape index (κ1) is 17.1.